The Balaban J connectivity index is 0.000000277. The van der Waals surface area contributed by atoms with Gasteiger partial charge in [0.15, 0.2) is 0 Å². The SMILES string of the molecule is CC(C)(C)C=O.CN1Cc2ccccc2C#Cc2ccccc21. The molecule has 1 aliphatic heterocycles. The maximum Gasteiger partial charge on any atom is 0.125 e. The van der Waals surface area contributed by atoms with E-state index in [9.17, 15) is 4.79 Å². The molecule has 0 radical (unpaired) electrons. The van der Waals surface area contributed by atoms with Gasteiger partial charge in [0.1, 0.15) is 6.29 Å². The summed E-state index contributed by atoms with van der Waals surface area (Å²) in [7, 11) is 2.11. The summed E-state index contributed by atoms with van der Waals surface area (Å²) in [6.45, 7) is 6.53. The van der Waals surface area contributed by atoms with Crippen LogP contribution in [0.3, 0.4) is 0 Å². The maximum atomic E-state index is 9.83. The Morgan fingerprint density at radius 1 is 0.957 bits per heavy atom. The minimum atomic E-state index is -0.139. The predicted octanol–water partition coefficient (Wildman–Crippen LogP) is 4.27. The molecule has 0 bridgehead atoms. The number of hydrogen-bond acceptors (Lipinski definition) is 2. The third kappa shape index (κ3) is 4.72. The van der Waals surface area contributed by atoms with E-state index >= 15 is 0 Å². The van der Waals surface area contributed by atoms with Gasteiger partial charge in [0.25, 0.3) is 0 Å². The number of fused-ring (bicyclic) bond motifs is 2. The Morgan fingerprint density at radius 3 is 2.13 bits per heavy atom. The standard InChI is InChI=1S/C16H13N.C5H10O/c1-17-12-15-8-3-2-6-13(15)10-11-14-7-4-5-9-16(14)17;1-5(2,3)4-6/h2-9H,12H2,1H3;4H,1-3H3. The van der Waals surface area contributed by atoms with Crippen LogP contribution in [0.5, 0.6) is 0 Å². The van der Waals surface area contributed by atoms with Crippen molar-refractivity contribution in [2.75, 3.05) is 11.9 Å². The van der Waals surface area contributed by atoms with E-state index in [1.54, 1.807) is 0 Å². The quantitative estimate of drug-likeness (QED) is 0.535. The predicted molar refractivity (Wildman–Crippen MR) is 96.5 cm³/mol. The fraction of sp³-hybridized carbons (Fsp3) is 0.286. The first-order valence-electron chi connectivity index (χ1n) is 7.77. The summed E-state index contributed by atoms with van der Waals surface area (Å²) in [5.41, 5.74) is 4.59. The molecule has 0 unspecified atom stereocenters. The van der Waals surface area contributed by atoms with Crippen molar-refractivity contribution in [3.05, 3.63) is 65.2 Å². The third-order valence-corrected chi connectivity index (χ3v) is 3.43. The Bertz CT molecular complexity index is 744. The molecule has 0 fully saturated rings. The minimum absolute atomic E-state index is 0.139. The van der Waals surface area contributed by atoms with E-state index < -0.39 is 0 Å². The molecule has 2 aromatic rings. The highest BCUT2D eigenvalue weighted by Gasteiger charge is 2.10. The third-order valence-electron chi connectivity index (χ3n) is 3.43. The van der Waals surface area contributed by atoms with Crippen LogP contribution in [0.2, 0.25) is 0 Å². The molecule has 1 heterocycles. The van der Waals surface area contributed by atoms with Crippen molar-refractivity contribution >= 4 is 12.0 Å². The largest absolute Gasteiger partial charge is 0.369 e. The van der Waals surface area contributed by atoms with E-state index in [-0.39, 0.29) is 5.41 Å². The van der Waals surface area contributed by atoms with E-state index in [1.165, 1.54) is 11.3 Å². The van der Waals surface area contributed by atoms with Gasteiger partial charge in [-0.15, -0.1) is 0 Å². The molecule has 2 aromatic carbocycles. The lowest BCUT2D eigenvalue weighted by Crippen LogP contribution is -2.19. The van der Waals surface area contributed by atoms with Gasteiger partial charge < -0.3 is 9.69 Å². The van der Waals surface area contributed by atoms with Gasteiger partial charge in [-0.2, -0.15) is 0 Å². The molecule has 2 nitrogen and oxygen atoms in total. The number of hydrogen-bond donors (Lipinski definition) is 0. The lowest BCUT2D eigenvalue weighted by Gasteiger charge is -2.22. The molecule has 0 saturated carbocycles. The highest BCUT2D eigenvalue weighted by Crippen LogP contribution is 2.23. The molecular formula is C21H23NO. The molecule has 0 saturated heterocycles. The second-order valence-electron chi connectivity index (χ2n) is 6.76. The Morgan fingerprint density at radius 2 is 1.48 bits per heavy atom. The zero-order chi connectivity index (χ0) is 16.9. The monoisotopic (exact) mass is 305 g/mol. The number of nitrogens with zero attached hydrogens (tertiary/aromatic N) is 1. The smallest absolute Gasteiger partial charge is 0.125 e. The van der Waals surface area contributed by atoms with Crippen molar-refractivity contribution in [3.63, 3.8) is 0 Å². The number of para-hydroxylation sites is 1. The van der Waals surface area contributed by atoms with Crippen LogP contribution in [-0.2, 0) is 11.3 Å². The van der Waals surface area contributed by atoms with Gasteiger partial charge in [-0.25, -0.2) is 0 Å². The normalized spacial score (nSPS) is 12.3. The van der Waals surface area contributed by atoms with Gasteiger partial charge >= 0.3 is 0 Å². The highest BCUT2D eigenvalue weighted by molar-refractivity contribution is 5.64. The molecule has 23 heavy (non-hydrogen) atoms. The van der Waals surface area contributed by atoms with E-state index in [1.807, 2.05) is 32.9 Å². The number of rotatable bonds is 0. The van der Waals surface area contributed by atoms with Gasteiger partial charge in [0, 0.05) is 30.1 Å². The molecule has 0 aromatic heterocycles. The summed E-state index contributed by atoms with van der Waals surface area (Å²) < 4.78 is 0. The second kappa shape index (κ2) is 7.15. The van der Waals surface area contributed by atoms with Crippen LogP contribution in [0.4, 0.5) is 5.69 Å². The number of carbonyl (C=O) groups excluding carboxylic acids is 1. The van der Waals surface area contributed by atoms with Gasteiger partial charge in [0.2, 0.25) is 0 Å². The van der Waals surface area contributed by atoms with Gasteiger partial charge in [0.05, 0.1) is 5.69 Å². The number of anilines is 1. The molecule has 2 heteroatoms. The summed E-state index contributed by atoms with van der Waals surface area (Å²) >= 11 is 0. The zero-order valence-corrected chi connectivity index (χ0v) is 14.3. The van der Waals surface area contributed by atoms with Gasteiger partial charge in [-0.1, -0.05) is 62.9 Å². The van der Waals surface area contributed by atoms with Crippen LogP contribution in [0, 0.1) is 17.3 Å². The van der Waals surface area contributed by atoms with Crippen molar-refractivity contribution in [1.82, 2.24) is 0 Å². The Labute approximate surface area is 139 Å². The average molecular weight is 305 g/mol. The van der Waals surface area contributed by atoms with Crippen LogP contribution >= 0.6 is 0 Å². The summed E-state index contributed by atoms with van der Waals surface area (Å²) in [5, 5.41) is 0. The zero-order valence-electron chi connectivity index (χ0n) is 14.3. The number of benzene rings is 2. The van der Waals surface area contributed by atoms with E-state index in [0.717, 1.165) is 24.0 Å². The van der Waals surface area contributed by atoms with Crippen molar-refractivity contribution in [2.45, 2.75) is 27.3 Å². The van der Waals surface area contributed by atoms with Crippen LogP contribution in [0.25, 0.3) is 0 Å². The maximum absolute atomic E-state index is 9.83. The van der Waals surface area contributed by atoms with Gasteiger partial charge in [-0.3, -0.25) is 0 Å². The van der Waals surface area contributed by atoms with Crippen LogP contribution in [-0.4, -0.2) is 13.3 Å². The summed E-state index contributed by atoms with van der Waals surface area (Å²) in [6, 6.07) is 16.6. The van der Waals surface area contributed by atoms with Crippen molar-refractivity contribution in [2.24, 2.45) is 5.41 Å². The van der Waals surface area contributed by atoms with Gasteiger partial charge in [-0.05, 0) is 23.8 Å². The van der Waals surface area contributed by atoms with Crippen LogP contribution in [0.15, 0.2) is 48.5 Å². The first kappa shape index (κ1) is 16.8. The number of aldehydes is 1. The molecule has 118 valence electrons. The van der Waals surface area contributed by atoms with Crippen LogP contribution in [0.1, 0.15) is 37.5 Å². The van der Waals surface area contributed by atoms with Crippen molar-refractivity contribution < 1.29 is 4.79 Å². The fourth-order valence-corrected chi connectivity index (χ4v) is 2.17. The van der Waals surface area contributed by atoms with E-state index in [0.29, 0.717) is 0 Å². The molecule has 1 aliphatic rings. The molecule has 0 spiro atoms. The average Bonchev–Trinajstić information content (AvgIpc) is 2.52. The lowest BCUT2D eigenvalue weighted by atomic mass is 10.0. The van der Waals surface area contributed by atoms with E-state index in [2.05, 4.69) is 60.2 Å². The lowest BCUT2D eigenvalue weighted by molar-refractivity contribution is -0.113. The van der Waals surface area contributed by atoms with Crippen LogP contribution < -0.4 is 4.90 Å². The van der Waals surface area contributed by atoms with E-state index in [4.69, 9.17) is 0 Å². The first-order chi connectivity index (χ1) is 10.9. The summed E-state index contributed by atoms with van der Waals surface area (Å²) in [6.07, 6.45) is 0.938. The molecule has 3 rings (SSSR count). The number of carbonyl (C=O) groups is 1. The van der Waals surface area contributed by atoms with Crippen molar-refractivity contribution in [1.29, 1.82) is 0 Å². The highest BCUT2D eigenvalue weighted by atomic mass is 16.1. The first-order valence-corrected chi connectivity index (χ1v) is 7.77. The molecule has 0 N–H and O–H groups in total. The fourth-order valence-electron chi connectivity index (χ4n) is 2.17. The minimum Gasteiger partial charge on any atom is -0.369 e. The molecule has 0 aliphatic carbocycles. The Hall–Kier alpha value is -2.53. The topological polar surface area (TPSA) is 20.3 Å². The second-order valence-corrected chi connectivity index (χ2v) is 6.76. The molecular weight excluding hydrogens is 282 g/mol. The van der Waals surface area contributed by atoms with Crippen molar-refractivity contribution in [3.8, 4) is 11.8 Å². The summed E-state index contributed by atoms with van der Waals surface area (Å²) in [4.78, 5) is 12.1. The Kier molecular flexibility index (Phi) is 5.24. The summed E-state index contributed by atoms with van der Waals surface area (Å²) in [5.74, 6) is 6.53. The molecule has 0 amide bonds. The molecule has 0 atom stereocenters.